The quantitative estimate of drug-likeness (QED) is 0.582. The highest BCUT2D eigenvalue weighted by molar-refractivity contribution is 6.30. The topological polar surface area (TPSA) is 62.1 Å². The molecular formula is C20H19ClN2O2. The van der Waals surface area contributed by atoms with Crippen LogP contribution >= 0.6 is 11.6 Å². The summed E-state index contributed by atoms with van der Waals surface area (Å²) in [5, 5.41) is 12.6. The van der Waals surface area contributed by atoms with Gasteiger partial charge in [-0.05, 0) is 49.8 Å². The second-order valence-corrected chi connectivity index (χ2v) is 5.94. The molecular weight excluding hydrogens is 336 g/mol. The van der Waals surface area contributed by atoms with E-state index in [9.17, 15) is 10.1 Å². The lowest BCUT2D eigenvalue weighted by atomic mass is 10.1. The van der Waals surface area contributed by atoms with Crippen molar-refractivity contribution in [3.8, 4) is 11.8 Å². The lowest BCUT2D eigenvalue weighted by Crippen LogP contribution is -2.14. The maximum absolute atomic E-state index is 12.3. The van der Waals surface area contributed by atoms with E-state index in [-0.39, 0.29) is 11.7 Å². The van der Waals surface area contributed by atoms with Gasteiger partial charge >= 0.3 is 0 Å². The average Bonchev–Trinajstić information content (AvgIpc) is 2.62. The Bertz CT molecular complexity index is 807. The van der Waals surface area contributed by atoms with Gasteiger partial charge in [-0.2, -0.15) is 5.26 Å². The van der Waals surface area contributed by atoms with Crippen molar-refractivity contribution < 1.29 is 9.53 Å². The number of ether oxygens (including phenoxy) is 1. The number of halogens is 1. The third kappa shape index (κ3) is 5.37. The number of carbonyl (C=O) groups excluding carboxylic acids is 1. The van der Waals surface area contributed by atoms with E-state index in [0.29, 0.717) is 22.0 Å². The van der Waals surface area contributed by atoms with Crippen molar-refractivity contribution in [2.45, 2.75) is 26.4 Å². The molecule has 0 aliphatic rings. The number of hydrogen-bond acceptors (Lipinski definition) is 3. The number of carbonyl (C=O) groups is 1. The van der Waals surface area contributed by atoms with Crippen LogP contribution in [0.25, 0.3) is 6.08 Å². The first-order chi connectivity index (χ1) is 12.0. The van der Waals surface area contributed by atoms with Crippen molar-refractivity contribution in [3.05, 3.63) is 64.7 Å². The highest BCUT2D eigenvalue weighted by Gasteiger charge is 2.12. The minimum Gasteiger partial charge on any atom is -0.490 e. The Labute approximate surface area is 152 Å². The Morgan fingerprint density at radius 1 is 1.28 bits per heavy atom. The van der Waals surface area contributed by atoms with E-state index in [1.165, 1.54) is 6.08 Å². The van der Waals surface area contributed by atoms with Crippen LogP contribution in [0.2, 0.25) is 5.02 Å². The molecule has 1 amide bonds. The maximum Gasteiger partial charge on any atom is 0.266 e. The van der Waals surface area contributed by atoms with Gasteiger partial charge in [0.05, 0.1) is 6.10 Å². The summed E-state index contributed by atoms with van der Waals surface area (Å²) in [5.41, 5.74) is 1.25. The molecule has 128 valence electrons. The molecule has 0 aliphatic heterocycles. The molecule has 2 aromatic carbocycles. The Hall–Kier alpha value is -2.77. The molecule has 2 rings (SSSR count). The number of nitrogens with one attached hydrogen (secondary N) is 1. The largest absolute Gasteiger partial charge is 0.490 e. The second kappa shape index (κ2) is 8.91. The summed E-state index contributed by atoms with van der Waals surface area (Å²) in [5.74, 6) is 0.159. The van der Waals surface area contributed by atoms with Gasteiger partial charge in [0, 0.05) is 16.3 Å². The van der Waals surface area contributed by atoms with E-state index in [1.54, 1.807) is 24.3 Å². The van der Waals surface area contributed by atoms with Crippen LogP contribution in [0.4, 0.5) is 5.69 Å². The summed E-state index contributed by atoms with van der Waals surface area (Å²) in [6.07, 6.45) is 2.44. The van der Waals surface area contributed by atoms with Crippen molar-refractivity contribution in [2.24, 2.45) is 0 Å². The van der Waals surface area contributed by atoms with Crippen molar-refractivity contribution >= 4 is 29.3 Å². The monoisotopic (exact) mass is 354 g/mol. The first-order valence-corrected chi connectivity index (χ1v) is 8.35. The Morgan fingerprint density at radius 2 is 1.96 bits per heavy atom. The number of nitriles is 1. The number of para-hydroxylation sites is 1. The Balaban J connectivity index is 2.23. The Kier molecular flexibility index (Phi) is 6.62. The molecule has 0 saturated carbocycles. The van der Waals surface area contributed by atoms with Gasteiger partial charge in [-0.1, -0.05) is 36.7 Å². The molecule has 0 saturated heterocycles. The molecule has 0 heterocycles. The van der Waals surface area contributed by atoms with Gasteiger partial charge in [-0.15, -0.1) is 0 Å². The van der Waals surface area contributed by atoms with E-state index in [1.807, 2.05) is 44.2 Å². The van der Waals surface area contributed by atoms with Gasteiger partial charge in [0.25, 0.3) is 5.91 Å². The molecule has 1 N–H and O–H groups in total. The molecule has 0 aliphatic carbocycles. The predicted octanol–water partition coefficient (Wildman–Crippen LogP) is 5.06. The smallest absolute Gasteiger partial charge is 0.266 e. The first-order valence-electron chi connectivity index (χ1n) is 7.98. The van der Waals surface area contributed by atoms with Crippen LogP contribution in [0.3, 0.4) is 0 Å². The van der Waals surface area contributed by atoms with Crippen molar-refractivity contribution in [3.63, 3.8) is 0 Å². The normalized spacial score (nSPS) is 12.2. The van der Waals surface area contributed by atoms with Crippen LogP contribution in [0.15, 0.2) is 54.1 Å². The maximum atomic E-state index is 12.3. The fourth-order valence-electron chi connectivity index (χ4n) is 2.04. The van der Waals surface area contributed by atoms with Gasteiger partial charge in [0.1, 0.15) is 17.4 Å². The average molecular weight is 355 g/mol. The van der Waals surface area contributed by atoms with Crippen LogP contribution in [-0.4, -0.2) is 12.0 Å². The molecule has 0 spiro atoms. The fraction of sp³-hybridized carbons (Fsp3) is 0.200. The zero-order valence-corrected chi connectivity index (χ0v) is 14.9. The van der Waals surface area contributed by atoms with E-state index in [0.717, 1.165) is 6.42 Å². The van der Waals surface area contributed by atoms with E-state index in [4.69, 9.17) is 16.3 Å². The standard InChI is InChI=1S/C20H19ClN2O2/c1-3-14(2)25-19-7-5-4-6-15(19)12-16(13-22)20(24)23-18-10-8-17(21)9-11-18/h4-12,14H,3H2,1-2H3,(H,23,24)/b16-12+/t14-/m0/s1. The molecule has 5 heteroatoms. The van der Waals surface area contributed by atoms with Crippen LogP contribution in [0, 0.1) is 11.3 Å². The molecule has 0 fully saturated rings. The number of nitrogens with zero attached hydrogens (tertiary/aromatic N) is 1. The third-order valence-corrected chi connectivity index (χ3v) is 3.84. The molecule has 25 heavy (non-hydrogen) atoms. The third-order valence-electron chi connectivity index (χ3n) is 3.59. The summed E-state index contributed by atoms with van der Waals surface area (Å²) in [7, 11) is 0. The Morgan fingerprint density at radius 3 is 2.60 bits per heavy atom. The number of anilines is 1. The first kappa shape index (κ1) is 18.6. The summed E-state index contributed by atoms with van der Waals surface area (Å²) in [4.78, 5) is 12.3. The van der Waals surface area contributed by atoms with Gasteiger partial charge in [-0.3, -0.25) is 4.79 Å². The zero-order chi connectivity index (χ0) is 18.2. The molecule has 0 radical (unpaired) electrons. The zero-order valence-electron chi connectivity index (χ0n) is 14.1. The SMILES string of the molecule is CC[C@H](C)Oc1ccccc1/C=C(\C#N)C(=O)Nc1ccc(Cl)cc1. The predicted molar refractivity (Wildman–Crippen MR) is 100 cm³/mol. The van der Waals surface area contributed by atoms with Crippen molar-refractivity contribution in [2.75, 3.05) is 5.32 Å². The fourth-order valence-corrected chi connectivity index (χ4v) is 2.17. The molecule has 0 bridgehead atoms. The van der Waals surface area contributed by atoms with Crippen molar-refractivity contribution in [1.82, 2.24) is 0 Å². The molecule has 1 atom stereocenters. The summed E-state index contributed by atoms with van der Waals surface area (Å²) < 4.78 is 5.85. The number of benzene rings is 2. The molecule has 0 unspecified atom stereocenters. The van der Waals surface area contributed by atoms with Gasteiger partial charge < -0.3 is 10.1 Å². The van der Waals surface area contributed by atoms with E-state index in [2.05, 4.69) is 5.32 Å². The second-order valence-electron chi connectivity index (χ2n) is 5.51. The van der Waals surface area contributed by atoms with Crippen molar-refractivity contribution in [1.29, 1.82) is 5.26 Å². The number of amides is 1. The van der Waals surface area contributed by atoms with Crippen LogP contribution in [0.1, 0.15) is 25.8 Å². The highest BCUT2D eigenvalue weighted by atomic mass is 35.5. The number of rotatable bonds is 6. The summed E-state index contributed by atoms with van der Waals surface area (Å²) in [6.45, 7) is 4.00. The lowest BCUT2D eigenvalue weighted by molar-refractivity contribution is -0.112. The number of hydrogen-bond donors (Lipinski definition) is 1. The van der Waals surface area contributed by atoms with Crippen LogP contribution in [0.5, 0.6) is 5.75 Å². The summed E-state index contributed by atoms with van der Waals surface area (Å²) in [6, 6.07) is 16.0. The van der Waals surface area contributed by atoms with Gasteiger partial charge in [-0.25, -0.2) is 0 Å². The van der Waals surface area contributed by atoms with Crippen LogP contribution in [-0.2, 0) is 4.79 Å². The van der Waals surface area contributed by atoms with Gasteiger partial charge in [0.2, 0.25) is 0 Å². The highest BCUT2D eigenvalue weighted by Crippen LogP contribution is 2.23. The molecule has 2 aromatic rings. The van der Waals surface area contributed by atoms with E-state index >= 15 is 0 Å². The van der Waals surface area contributed by atoms with Gasteiger partial charge in [0.15, 0.2) is 0 Å². The van der Waals surface area contributed by atoms with E-state index < -0.39 is 5.91 Å². The van der Waals surface area contributed by atoms with Crippen LogP contribution < -0.4 is 10.1 Å². The lowest BCUT2D eigenvalue weighted by Gasteiger charge is -2.14. The molecule has 0 aromatic heterocycles. The minimum atomic E-state index is -0.483. The molecule has 4 nitrogen and oxygen atoms in total. The summed E-state index contributed by atoms with van der Waals surface area (Å²) >= 11 is 5.83. The minimum absolute atomic E-state index is 0.00449.